The van der Waals surface area contributed by atoms with Gasteiger partial charge < -0.3 is 9.84 Å². The van der Waals surface area contributed by atoms with Gasteiger partial charge in [-0.2, -0.15) is 0 Å². The maximum Gasteiger partial charge on any atom is 0.310 e. The molecule has 3 aliphatic rings. The number of epoxide rings is 1. The van der Waals surface area contributed by atoms with Gasteiger partial charge in [0.05, 0.1) is 17.6 Å². The number of carbonyl (C=O) groups is 1. The standard InChI is InChI=1S/C16H26O3/c1-14(8-5-4-6-9-14)16(3)12-11(19-12)7-10-15(16,2)13(17)18/h11-12H,4-10H2,1-3H3,(H,17,18). The third kappa shape index (κ3) is 1.57. The Kier molecular flexibility index (Phi) is 2.80. The highest BCUT2D eigenvalue weighted by Gasteiger charge is 2.71. The van der Waals surface area contributed by atoms with Crippen molar-refractivity contribution in [3.8, 4) is 0 Å². The van der Waals surface area contributed by atoms with E-state index in [0.717, 1.165) is 25.7 Å². The Morgan fingerprint density at radius 2 is 1.74 bits per heavy atom. The van der Waals surface area contributed by atoms with E-state index in [1.54, 1.807) is 0 Å². The van der Waals surface area contributed by atoms with Crippen LogP contribution in [0.2, 0.25) is 0 Å². The fraction of sp³-hybridized carbons (Fsp3) is 0.938. The number of carboxylic acids is 1. The van der Waals surface area contributed by atoms with E-state index in [1.165, 1.54) is 19.3 Å². The van der Waals surface area contributed by atoms with Crippen LogP contribution < -0.4 is 0 Å². The molecular formula is C16H26O3. The zero-order valence-electron chi connectivity index (χ0n) is 12.4. The molecule has 3 nitrogen and oxygen atoms in total. The van der Waals surface area contributed by atoms with Crippen LogP contribution in [0, 0.1) is 16.2 Å². The number of ether oxygens (including phenoxy) is 1. The highest BCUT2D eigenvalue weighted by Crippen LogP contribution is 2.68. The van der Waals surface area contributed by atoms with Gasteiger partial charge in [-0.15, -0.1) is 0 Å². The first-order valence-corrected chi connectivity index (χ1v) is 7.74. The number of aliphatic carboxylic acids is 1. The molecule has 0 spiro atoms. The summed E-state index contributed by atoms with van der Waals surface area (Å²) in [6.07, 6.45) is 8.25. The van der Waals surface area contributed by atoms with Crippen molar-refractivity contribution in [2.75, 3.05) is 0 Å². The van der Waals surface area contributed by atoms with Crippen molar-refractivity contribution in [2.24, 2.45) is 16.2 Å². The van der Waals surface area contributed by atoms with Crippen molar-refractivity contribution in [2.45, 2.75) is 77.9 Å². The summed E-state index contributed by atoms with van der Waals surface area (Å²) in [4.78, 5) is 12.0. The summed E-state index contributed by atoms with van der Waals surface area (Å²) in [5.74, 6) is -0.629. The minimum atomic E-state index is -0.642. The zero-order valence-corrected chi connectivity index (χ0v) is 12.4. The molecule has 1 N–H and O–H groups in total. The molecule has 4 atom stereocenters. The molecule has 19 heavy (non-hydrogen) atoms. The number of hydrogen-bond acceptors (Lipinski definition) is 2. The molecule has 1 heterocycles. The van der Waals surface area contributed by atoms with Gasteiger partial charge >= 0.3 is 5.97 Å². The van der Waals surface area contributed by atoms with Crippen LogP contribution >= 0.6 is 0 Å². The maximum absolute atomic E-state index is 12.0. The largest absolute Gasteiger partial charge is 0.481 e. The van der Waals surface area contributed by atoms with Crippen LogP contribution in [0.1, 0.15) is 65.7 Å². The molecule has 0 aromatic rings. The molecule has 0 amide bonds. The predicted octanol–water partition coefficient (Wildman–Crippen LogP) is 3.62. The maximum atomic E-state index is 12.0. The van der Waals surface area contributed by atoms with Gasteiger partial charge in [0, 0.05) is 5.41 Å². The molecule has 3 heteroatoms. The number of fused-ring (bicyclic) bond motifs is 1. The lowest BCUT2D eigenvalue weighted by Gasteiger charge is -2.57. The number of rotatable bonds is 2. The highest BCUT2D eigenvalue weighted by molar-refractivity contribution is 5.76. The molecule has 3 fully saturated rings. The molecule has 0 aromatic heterocycles. The first kappa shape index (κ1) is 13.4. The first-order chi connectivity index (χ1) is 8.85. The number of carboxylic acid groups (broad SMARTS) is 1. The Hall–Kier alpha value is -0.570. The summed E-state index contributed by atoms with van der Waals surface area (Å²) in [7, 11) is 0. The van der Waals surface area contributed by atoms with Gasteiger partial charge in [0.15, 0.2) is 0 Å². The lowest BCUT2D eigenvalue weighted by atomic mass is 9.44. The van der Waals surface area contributed by atoms with Crippen molar-refractivity contribution in [1.29, 1.82) is 0 Å². The molecule has 3 rings (SSSR count). The van der Waals surface area contributed by atoms with Gasteiger partial charge in [-0.25, -0.2) is 0 Å². The Balaban J connectivity index is 2.04. The average Bonchev–Trinajstić information content (AvgIpc) is 3.15. The van der Waals surface area contributed by atoms with Gasteiger partial charge in [-0.05, 0) is 38.0 Å². The van der Waals surface area contributed by atoms with Crippen molar-refractivity contribution >= 4 is 5.97 Å². The quantitative estimate of drug-likeness (QED) is 0.777. The summed E-state index contributed by atoms with van der Waals surface area (Å²) in [6.45, 7) is 6.49. The van der Waals surface area contributed by atoms with E-state index in [2.05, 4.69) is 13.8 Å². The molecule has 4 unspecified atom stereocenters. The lowest BCUT2D eigenvalue weighted by molar-refractivity contribution is -0.174. The minimum absolute atomic E-state index is 0.109. The zero-order chi connectivity index (χ0) is 13.9. The summed E-state index contributed by atoms with van der Waals surface area (Å²) in [5.41, 5.74) is -0.760. The second-order valence-corrected chi connectivity index (χ2v) is 7.59. The van der Waals surface area contributed by atoms with E-state index in [0.29, 0.717) is 6.10 Å². The van der Waals surface area contributed by atoms with Crippen molar-refractivity contribution in [1.82, 2.24) is 0 Å². The lowest BCUT2D eigenvalue weighted by Crippen LogP contribution is -2.59. The van der Waals surface area contributed by atoms with Gasteiger partial charge in [0.2, 0.25) is 0 Å². The summed E-state index contributed by atoms with van der Waals surface area (Å²) in [5, 5.41) is 9.86. The smallest absolute Gasteiger partial charge is 0.310 e. The molecule has 2 saturated carbocycles. The van der Waals surface area contributed by atoms with Gasteiger partial charge in [0.25, 0.3) is 0 Å². The molecule has 0 aromatic carbocycles. The van der Waals surface area contributed by atoms with Crippen LogP contribution in [0.5, 0.6) is 0 Å². The molecule has 108 valence electrons. The minimum Gasteiger partial charge on any atom is -0.481 e. The van der Waals surface area contributed by atoms with Crippen LogP contribution in [0.4, 0.5) is 0 Å². The third-order valence-electron chi connectivity index (χ3n) is 6.91. The van der Waals surface area contributed by atoms with E-state index >= 15 is 0 Å². The monoisotopic (exact) mass is 266 g/mol. The second kappa shape index (κ2) is 3.97. The first-order valence-electron chi connectivity index (χ1n) is 7.74. The topological polar surface area (TPSA) is 49.8 Å². The molecule has 0 bridgehead atoms. The van der Waals surface area contributed by atoms with Gasteiger partial charge in [-0.3, -0.25) is 4.79 Å². The van der Waals surface area contributed by atoms with Crippen molar-refractivity contribution in [3.63, 3.8) is 0 Å². The van der Waals surface area contributed by atoms with E-state index < -0.39 is 11.4 Å². The summed E-state index contributed by atoms with van der Waals surface area (Å²) >= 11 is 0. The van der Waals surface area contributed by atoms with E-state index in [4.69, 9.17) is 4.74 Å². The van der Waals surface area contributed by atoms with Crippen LogP contribution in [0.15, 0.2) is 0 Å². The summed E-state index contributed by atoms with van der Waals surface area (Å²) in [6, 6.07) is 0. The molecule has 0 radical (unpaired) electrons. The van der Waals surface area contributed by atoms with E-state index in [1.807, 2.05) is 6.92 Å². The molecule has 1 aliphatic heterocycles. The van der Waals surface area contributed by atoms with Crippen LogP contribution in [-0.4, -0.2) is 23.3 Å². The second-order valence-electron chi connectivity index (χ2n) is 7.59. The Morgan fingerprint density at radius 3 is 2.32 bits per heavy atom. The Morgan fingerprint density at radius 1 is 1.11 bits per heavy atom. The van der Waals surface area contributed by atoms with E-state index in [-0.39, 0.29) is 16.9 Å². The van der Waals surface area contributed by atoms with Crippen molar-refractivity contribution < 1.29 is 14.6 Å². The highest BCUT2D eigenvalue weighted by atomic mass is 16.6. The van der Waals surface area contributed by atoms with Gasteiger partial charge in [-0.1, -0.05) is 33.1 Å². The summed E-state index contributed by atoms with van der Waals surface area (Å²) < 4.78 is 5.89. The normalized spacial score (nSPS) is 48.4. The van der Waals surface area contributed by atoms with Gasteiger partial charge in [0.1, 0.15) is 0 Å². The predicted molar refractivity (Wildman–Crippen MR) is 72.9 cm³/mol. The Labute approximate surface area is 115 Å². The van der Waals surface area contributed by atoms with Crippen molar-refractivity contribution in [3.05, 3.63) is 0 Å². The fourth-order valence-electron chi connectivity index (χ4n) is 5.06. The SMILES string of the molecule is CC1(C2(C)C3OC3CCC2(C)C(=O)O)CCCCC1. The molecule has 2 aliphatic carbocycles. The van der Waals surface area contributed by atoms with Crippen LogP contribution in [-0.2, 0) is 9.53 Å². The molecule has 1 saturated heterocycles. The van der Waals surface area contributed by atoms with Crippen LogP contribution in [0.3, 0.4) is 0 Å². The van der Waals surface area contributed by atoms with E-state index in [9.17, 15) is 9.90 Å². The molecular weight excluding hydrogens is 240 g/mol. The average molecular weight is 266 g/mol. The third-order valence-corrected chi connectivity index (χ3v) is 6.91. The van der Waals surface area contributed by atoms with Crippen LogP contribution in [0.25, 0.3) is 0 Å². The fourth-order valence-corrected chi connectivity index (χ4v) is 5.06. The number of hydrogen-bond donors (Lipinski definition) is 1. The Bertz CT molecular complexity index is 399.